The van der Waals surface area contributed by atoms with Crippen LogP contribution in [0.3, 0.4) is 0 Å². The molecule has 0 heterocycles. The summed E-state index contributed by atoms with van der Waals surface area (Å²) in [5.41, 5.74) is 1.57. The molecule has 0 aromatic heterocycles. The lowest BCUT2D eigenvalue weighted by Crippen LogP contribution is -2.06. The largest absolute Gasteiger partial charge is 0.325 e. The molecule has 1 amide bonds. The monoisotopic (exact) mass is 261 g/mol. The summed E-state index contributed by atoms with van der Waals surface area (Å²) in [6, 6.07) is 3.62. The quantitative estimate of drug-likeness (QED) is 0.826. The highest BCUT2D eigenvalue weighted by Crippen LogP contribution is 2.30. The average molecular weight is 263 g/mol. The summed E-state index contributed by atoms with van der Waals surface area (Å²) in [6.07, 6.45) is 0. The van der Waals surface area contributed by atoms with Crippen molar-refractivity contribution in [2.75, 3.05) is 5.32 Å². The lowest BCUT2D eigenvalue weighted by atomic mass is 10.2. The standard InChI is InChI=1S/C9H9BrClNO/c1-5-7(10)3-4-8(9(5)11)12-6(2)13/h3-4H,1-2H3,(H,12,13). The second kappa shape index (κ2) is 4.11. The highest BCUT2D eigenvalue weighted by Gasteiger charge is 2.06. The number of carbonyl (C=O) groups is 1. The molecule has 0 aliphatic heterocycles. The molecular weight excluding hydrogens is 253 g/mol. The van der Waals surface area contributed by atoms with E-state index in [4.69, 9.17) is 11.6 Å². The molecule has 1 aromatic carbocycles. The highest BCUT2D eigenvalue weighted by molar-refractivity contribution is 9.10. The summed E-state index contributed by atoms with van der Waals surface area (Å²) in [5, 5.41) is 3.22. The van der Waals surface area contributed by atoms with E-state index in [9.17, 15) is 4.79 Å². The zero-order valence-corrected chi connectivity index (χ0v) is 9.66. The van der Waals surface area contributed by atoms with Gasteiger partial charge in [-0.1, -0.05) is 27.5 Å². The summed E-state index contributed by atoms with van der Waals surface area (Å²) in [6.45, 7) is 3.34. The van der Waals surface area contributed by atoms with E-state index in [0.29, 0.717) is 10.7 Å². The van der Waals surface area contributed by atoms with Gasteiger partial charge in [-0.3, -0.25) is 4.79 Å². The van der Waals surface area contributed by atoms with Gasteiger partial charge in [0, 0.05) is 11.4 Å². The molecule has 0 saturated carbocycles. The van der Waals surface area contributed by atoms with Crippen molar-refractivity contribution in [3.8, 4) is 0 Å². The molecule has 1 N–H and O–H groups in total. The summed E-state index contributed by atoms with van der Waals surface area (Å²) in [5.74, 6) is -0.122. The molecular formula is C9H9BrClNO. The van der Waals surface area contributed by atoms with Crippen LogP contribution in [0.25, 0.3) is 0 Å². The highest BCUT2D eigenvalue weighted by atomic mass is 79.9. The van der Waals surface area contributed by atoms with E-state index in [0.717, 1.165) is 10.0 Å². The molecule has 0 bridgehead atoms. The van der Waals surface area contributed by atoms with E-state index in [1.165, 1.54) is 6.92 Å². The Morgan fingerprint density at radius 2 is 2.15 bits per heavy atom. The maximum Gasteiger partial charge on any atom is 0.221 e. The van der Waals surface area contributed by atoms with Crippen LogP contribution in [0, 0.1) is 6.92 Å². The van der Waals surface area contributed by atoms with Gasteiger partial charge in [-0.2, -0.15) is 0 Å². The molecule has 1 rings (SSSR count). The third-order valence-corrected chi connectivity index (χ3v) is 2.98. The van der Waals surface area contributed by atoms with E-state index in [1.54, 1.807) is 6.07 Å². The number of rotatable bonds is 1. The van der Waals surface area contributed by atoms with Crippen molar-refractivity contribution in [3.05, 3.63) is 27.2 Å². The minimum atomic E-state index is -0.122. The van der Waals surface area contributed by atoms with Crippen molar-refractivity contribution in [3.63, 3.8) is 0 Å². The zero-order valence-electron chi connectivity index (χ0n) is 7.32. The molecule has 13 heavy (non-hydrogen) atoms. The van der Waals surface area contributed by atoms with Gasteiger partial charge < -0.3 is 5.32 Å². The normalized spacial score (nSPS) is 9.85. The van der Waals surface area contributed by atoms with Gasteiger partial charge in [0.1, 0.15) is 0 Å². The van der Waals surface area contributed by atoms with Crippen molar-refractivity contribution >= 4 is 39.1 Å². The number of anilines is 1. The first-order valence-electron chi connectivity index (χ1n) is 3.74. The summed E-state index contributed by atoms with van der Waals surface area (Å²) < 4.78 is 0.937. The molecule has 0 saturated heterocycles. The Balaban J connectivity index is 3.10. The third-order valence-electron chi connectivity index (χ3n) is 1.63. The number of hydrogen-bond acceptors (Lipinski definition) is 1. The lowest BCUT2D eigenvalue weighted by Gasteiger charge is -2.08. The lowest BCUT2D eigenvalue weighted by molar-refractivity contribution is -0.114. The molecule has 0 radical (unpaired) electrons. The Kier molecular flexibility index (Phi) is 3.33. The van der Waals surface area contributed by atoms with Crippen molar-refractivity contribution in [1.82, 2.24) is 0 Å². The van der Waals surface area contributed by atoms with Crippen LogP contribution >= 0.6 is 27.5 Å². The minimum Gasteiger partial charge on any atom is -0.325 e. The Hall–Kier alpha value is -0.540. The fourth-order valence-corrected chi connectivity index (χ4v) is 1.60. The Labute approximate surface area is 90.4 Å². The second-order valence-corrected chi connectivity index (χ2v) is 3.95. The smallest absolute Gasteiger partial charge is 0.221 e. The van der Waals surface area contributed by atoms with Crippen LogP contribution in [-0.4, -0.2) is 5.91 Å². The molecule has 70 valence electrons. The minimum absolute atomic E-state index is 0.122. The summed E-state index contributed by atoms with van der Waals surface area (Å²) in [4.78, 5) is 10.8. The van der Waals surface area contributed by atoms with Crippen LogP contribution in [0.4, 0.5) is 5.69 Å². The maximum atomic E-state index is 10.8. The van der Waals surface area contributed by atoms with Gasteiger partial charge in [0.25, 0.3) is 0 Å². The predicted octanol–water partition coefficient (Wildman–Crippen LogP) is 3.37. The van der Waals surface area contributed by atoms with Crippen LogP contribution in [0.5, 0.6) is 0 Å². The third kappa shape index (κ3) is 2.45. The molecule has 0 atom stereocenters. The summed E-state index contributed by atoms with van der Waals surface area (Å²) >= 11 is 9.35. The molecule has 2 nitrogen and oxygen atoms in total. The van der Waals surface area contributed by atoms with Gasteiger partial charge >= 0.3 is 0 Å². The number of nitrogens with one attached hydrogen (secondary N) is 1. The Bertz CT molecular complexity index is 352. The van der Waals surface area contributed by atoms with Gasteiger partial charge in [0.05, 0.1) is 10.7 Å². The predicted molar refractivity (Wildman–Crippen MR) is 58.2 cm³/mol. The van der Waals surface area contributed by atoms with Crippen LogP contribution < -0.4 is 5.32 Å². The number of amides is 1. The molecule has 0 aliphatic carbocycles. The molecule has 0 aliphatic rings. The molecule has 0 spiro atoms. The van der Waals surface area contributed by atoms with Gasteiger partial charge in [0.2, 0.25) is 5.91 Å². The van der Waals surface area contributed by atoms with Gasteiger partial charge in [0.15, 0.2) is 0 Å². The first-order valence-corrected chi connectivity index (χ1v) is 4.91. The first kappa shape index (κ1) is 10.5. The average Bonchev–Trinajstić information content (AvgIpc) is 2.06. The first-order chi connectivity index (χ1) is 6.02. The van der Waals surface area contributed by atoms with Crippen molar-refractivity contribution in [1.29, 1.82) is 0 Å². The van der Waals surface area contributed by atoms with Crippen LogP contribution in [0.2, 0.25) is 5.02 Å². The molecule has 1 aromatic rings. The number of carbonyl (C=O) groups excluding carboxylic acids is 1. The van der Waals surface area contributed by atoms with Crippen molar-refractivity contribution in [2.45, 2.75) is 13.8 Å². The van der Waals surface area contributed by atoms with Crippen molar-refractivity contribution < 1.29 is 4.79 Å². The molecule has 0 fully saturated rings. The van der Waals surface area contributed by atoms with E-state index in [-0.39, 0.29) is 5.91 Å². The molecule has 0 unspecified atom stereocenters. The number of halogens is 2. The van der Waals surface area contributed by atoms with Crippen LogP contribution in [-0.2, 0) is 4.79 Å². The van der Waals surface area contributed by atoms with E-state index >= 15 is 0 Å². The fraction of sp³-hybridized carbons (Fsp3) is 0.222. The zero-order chi connectivity index (χ0) is 10.0. The van der Waals surface area contributed by atoms with Gasteiger partial charge in [-0.25, -0.2) is 0 Å². The van der Waals surface area contributed by atoms with E-state index in [2.05, 4.69) is 21.2 Å². The van der Waals surface area contributed by atoms with E-state index in [1.807, 2.05) is 13.0 Å². The Morgan fingerprint density at radius 1 is 1.54 bits per heavy atom. The number of hydrogen-bond donors (Lipinski definition) is 1. The number of benzene rings is 1. The van der Waals surface area contributed by atoms with Crippen LogP contribution in [0.1, 0.15) is 12.5 Å². The van der Waals surface area contributed by atoms with Gasteiger partial charge in [-0.05, 0) is 24.6 Å². The molecule has 4 heteroatoms. The van der Waals surface area contributed by atoms with Crippen molar-refractivity contribution in [2.24, 2.45) is 0 Å². The Morgan fingerprint density at radius 3 is 2.69 bits per heavy atom. The van der Waals surface area contributed by atoms with Gasteiger partial charge in [-0.15, -0.1) is 0 Å². The van der Waals surface area contributed by atoms with E-state index < -0.39 is 0 Å². The topological polar surface area (TPSA) is 29.1 Å². The second-order valence-electron chi connectivity index (χ2n) is 2.72. The fourth-order valence-electron chi connectivity index (χ4n) is 0.948. The summed E-state index contributed by atoms with van der Waals surface area (Å²) in [7, 11) is 0. The van der Waals surface area contributed by atoms with Crippen LogP contribution in [0.15, 0.2) is 16.6 Å². The maximum absolute atomic E-state index is 10.8. The SMILES string of the molecule is CC(=O)Nc1ccc(Br)c(C)c1Cl.